The Labute approximate surface area is 208 Å². The predicted octanol–water partition coefficient (Wildman–Crippen LogP) is 1.17. The van der Waals surface area contributed by atoms with Crippen LogP contribution in [0.4, 0.5) is 0 Å². The summed E-state index contributed by atoms with van der Waals surface area (Å²) >= 11 is 0. The van der Waals surface area contributed by atoms with E-state index in [0.29, 0.717) is 44.1 Å². The molecule has 36 heavy (non-hydrogen) atoms. The Morgan fingerprint density at radius 2 is 1.86 bits per heavy atom. The highest BCUT2D eigenvalue weighted by Gasteiger charge is 2.31. The molecule has 0 aromatic carbocycles. The summed E-state index contributed by atoms with van der Waals surface area (Å²) in [4.78, 5) is 41.0. The molecule has 0 bridgehead atoms. The van der Waals surface area contributed by atoms with E-state index in [1.54, 1.807) is 11.0 Å². The molecular weight excluding hydrogens is 466 g/mol. The number of aromatic nitrogens is 3. The van der Waals surface area contributed by atoms with Crippen molar-refractivity contribution in [3.63, 3.8) is 0 Å². The highest BCUT2D eigenvalue weighted by molar-refractivity contribution is 5.97. The van der Waals surface area contributed by atoms with Gasteiger partial charge in [-0.1, -0.05) is 0 Å². The normalized spacial score (nSPS) is 23.4. The molecule has 2 saturated heterocycles. The summed E-state index contributed by atoms with van der Waals surface area (Å²) in [6.45, 7) is 6.43. The van der Waals surface area contributed by atoms with Crippen molar-refractivity contribution >= 4 is 23.5 Å². The van der Waals surface area contributed by atoms with Gasteiger partial charge in [-0.2, -0.15) is 9.61 Å². The largest absolute Gasteiger partial charge is 0.492 e. The van der Waals surface area contributed by atoms with Crippen molar-refractivity contribution < 1.29 is 24.2 Å². The molecule has 4 heterocycles. The molecule has 3 fully saturated rings. The van der Waals surface area contributed by atoms with Crippen LogP contribution in [-0.4, -0.2) is 80.6 Å². The lowest BCUT2D eigenvalue weighted by atomic mass is 10.00. The number of ether oxygens (including phenoxy) is 2. The van der Waals surface area contributed by atoms with Crippen molar-refractivity contribution in [2.75, 3.05) is 26.3 Å². The average Bonchev–Trinajstić information content (AvgIpc) is 3.55. The minimum Gasteiger partial charge on any atom is -0.492 e. The van der Waals surface area contributed by atoms with Crippen LogP contribution in [0.1, 0.15) is 55.5 Å². The number of fused-ring (bicyclic) bond motifs is 1. The van der Waals surface area contributed by atoms with E-state index >= 15 is 0 Å². The first-order valence-electron chi connectivity index (χ1n) is 12.7. The standard InChI is InChI=1S/C25H33N5O6/c1-15-12-28(13-16(2)36-15)20(31)6-3-18-11-26-30-23(18)29(14-17-7-9-35-10-8-17)24(33)21(25(30)34)22(32)27-19-4-5-19/h3,6,11,15-17,19,34H,4-5,7-10,12-14H2,1-2H3,(H,27,32). The van der Waals surface area contributed by atoms with Gasteiger partial charge in [0.2, 0.25) is 11.8 Å². The Hall–Kier alpha value is -3.18. The topological polar surface area (TPSA) is 127 Å². The molecule has 194 valence electrons. The molecule has 2 atom stereocenters. The van der Waals surface area contributed by atoms with Crippen LogP contribution in [-0.2, 0) is 20.8 Å². The minimum absolute atomic E-state index is 0.0312. The fourth-order valence-corrected chi connectivity index (χ4v) is 4.99. The fraction of sp³-hybridized carbons (Fsp3) is 0.600. The van der Waals surface area contributed by atoms with Crippen molar-refractivity contribution in [3.8, 4) is 5.88 Å². The predicted molar refractivity (Wildman–Crippen MR) is 131 cm³/mol. The molecule has 11 heteroatoms. The van der Waals surface area contributed by atoms with Crippen LogP contribution in [0.25, 0.3) is 11.7 Å². The summed E-state index contributed by atoms with van der Waals surface area (Å²) in [6.07, 6.45) is 7.74. The molecule has 2 amide bonds. The van der Waals surface area contributed by atoms with Crippen LogP contribution in [0.3, 0.4) is 0 Å². The summed E-state index contributed by atoms with van der Waals surface area (Å²) in [5, 5.41) is 18.0. The van der Waals surface area contributed by atoms with E-state index in [2.05, 4.69) is 10.4 Å². The van der Waals surface area contributed by atoms with Crippen molar-refractivity contribution in [3.05, 3.63) is 33.8 Å². The molecule has 1 aliphatic carbocycles. The maximum Gasteiger partial charge on any atom is 0.270 e. The number of nitrogens with zero attached hydrogens (tertiary/aromatic N) is 4. The highest BCUT2D eigenvalue weighted by Crippen LogP contribution is 2.25. The number of rotatable bonds is 6. The fourth-order valence-electron chi connectivity index (χ4n) is 4.99. The molecule has 2 aliphatic heterocycles. The maximum atomic E-state index is 13.6. The summed E-state index contributed by atoms with van der Waals surface area (Å²) in [7, 11) is 0. The van der Waals surface area contributed by atoms with Gasteiger partial charge in [-0.05, 0) is 51.5 Å². The third-order valence-electron chi connectivity index (χ3n) is 6.97. The quantitative estimate of drug-likeness (QED) is 0.571. The first-order valence-corrected chi connectivity index (χ1v) is 12.7. The molecule has 0 spiro atoms. The Morgan fingerprint density at radius 1 is 1.17 bits per heavy atom. The second kappa shape index (κ2) is 10.1. The number of amides is 2. The van der Waals surface area contributed by atoms with Crippen molar-refractivity contribution in [1.29, 1.82) is 0 Å². The molecule has 2 unspecified atom stereocenters. The number of morpholine rings is 1. The summed E-state index contributed by atoms with van der Waals surface area (Å²) in [6, 6.07) is 0.0312. The van der Waals surface area contributed by atoms with Gasteiger partial charge >= 0.3 is 0 Å². The number of nitrogens with one attached hydrogen (secondary N) is 1. The molecule has 2 aromatic rings. The summed E-state index contributed by atoms with van der Waals surface area (Å²) in [5.41, 5.74) is -0.0274. The monoisotopic (exact) mass is 499 g/mol. The van der Waals surface area contributed by atoms with E-state index in [9.17, 15) is 19.5 Å². The Morgan fingerprint density at radius 3 is 2.53 bits per heavy atom. The zero-order valence-electron chi connectivity index (χ0n) is 20.7. The molecule has 5 rings (SSSR count). The first-order chi connectivity index (χ1) is 17.3. The summed E-state index contributed by atoms with van der Waals surface area (Å²) < 4.78 is 13.9. The third-order valence-corrected chi connectivity index (χ3v) is 6.97. The Kier molecular flexibility index (Phi) is 6.85. The van der Waals surface area contributed by atoms with Crippen LogP contribution in [0.5, 0.6) is 5.88 Å². The van der Waals surface area contributed by atoms with Crippen LogP contribution >= 0.6 is 0 Å². The second-order valence-corrected chi connectivity index (χ2v) is 10.1. The molecule has 3 aliphatic rings. The van der Waals surface area contributed by atoms with Crippen LogP contribution in [0, 0.1) is 5.92 Å². The number of carbonyl (C=O) groups excluding carboxylic acids is 2. The van der Waals surface area contributed by atoms with Gasteiger partial charge in [-0.3, -0.25) is 19.0 Å². The molecular formula is C25H33N5O6. The SMILES string of the molecule is CC1CN(C(=O)C=Cc2cnn3c(O)c(C(=O)NC4CC4)c(=O)n(CC4CCOCC4)c23)CC(C)O1. The maximum absolute atomic E-state index is 13.6. The second-order valence-electron chi connectivity index (χ2n) is 10.1. The van der Waals surface area contributed by atoms with E-state index in [0.717, 1.165) is 25.7 Å². The lowest BCUT2D eigenvalue weighted by Crippen LogP contribution is -2.47. The van der Waals surface area contributed by atoms with Crippen LogP contribution in [0.15, 0.2) is 17.1 Å². The number of carbonyl (C=O) groups is 2. The van der Waals surface area contributed by atoms with Gasteiger partial charge < -0.3 is 24.8 Å². The smallest absolute Gasteiger partial charge is 0.270 e. The first kappa shape index (κ1) is 24.5. The zero-order chi connectivity index (χ0) is 25.4. The van der Waals surface area contributed by atoms with Gasteiger partial charge in [0, 0.05) is 50.5 Å². The molecule has 2 N–H and O–H groups in total. The Balaban J connectivity index is 1.52. The molecule has 11 nitrogen and oxygen atoms in total. The van der Waals surface area contributed by atoms with E-state index in [4.69, 9.17) is 9.47 Å². The third kappa shape index (κ3) is 5.03. The van der Waals surface area contributed by atoms with E-state index in [1.807, 2.05) is 13.8 Å². The van der Waals surface area contributed by atoms with Gasteiger partial charge in [0.1, 0.15) is 5.65 Å². The van der Waals surface area contributed by atoms with Gasteiger partial charge in [0.25, 0.3) is 11.5 Å². The lowest BCUT2D eigenvalue weighted by Gasteiger charge is -2.34. The Bertz CT molecular complexity index is 1230. The molecule has 2 aromatic heterocycles. The zero-order valence-corrected chi connectivity index (χ0v) is 20.7. The van der Waals surface area contributed by atoms with Crippen molar-refractivity contribution in [2.45, 2.75) is 64.3 Å². The van der Waals surface area contributed by atoms with E-state index < -0.39 is 17.3 Å². The summed E-state index contributed by atoms with van der Waals surface area (Å²) in [5.74, 6) is -1.09. The number of aromatic hydroxyl groups is 1. The lowest BCUT2D eigenvalue weighted by molar-refractivity contribution is -0.137. The van der Waals surface area contributed by atoms with Gasteiger partial charge in [0.15, 0.2) is 5.56 Å². The van der Waals surface area contributed by atoms with Gasteiger partial charge in [0.05, 0.1) is 18.4 Å². The van der Waals surface area contributed by atoms with E-state index in [-0.39, 0.29) is 35.6 Å². The molecule has 0 radical (unpaired) electrons. The van der Waals surface area contributed by atoms with Crippen LogP contribution < -0.4 is 10.9 Å². The van der Waals surface area contributed by atoms with Crippen molar-refractivity contribution in [1.82, 2.24) is 24.4 Å². The van der Waals surface area contributed by atoms with Crippen molar-refractivity contribution in [2.24, 2.45) is 5.92 Å². The van der Waals surface area contributed by atoms with Gasteiger partial charge in [-0.25, -0.2) is 0 Å². The highest BCUT2D eigenvalue weighted by atomic mass is 16.5. The van der Waals surface area contributed by atoms with Gasteiger partial charge in [-0.15, -0.1) is 0 Å². The van der Waals surface area contributed by atoms with E-state index in [1.165, 1.54) is 21.4 Å². The number of hydrogen-bond acceptors (Lipinski definition) is 7. The molecule has 1 saturated carbocycles. The minimum atomic E-state index is -0.596. The number of hydrogen-bond donors (Lipinski definition) is 2. The van der Waals surface area contributed by atoms with Crippen LogP contribution in [0.2, 0.25) is 0 Å². The average molecular weight is 500 g/mol.